The van der Waals surface area contributed by atoms with E-state index in [9.17, 15) is 9.59 Å². The van der Waals surface area contributed by atoms with Crippen molar-refractivity contribution in [1.29, 1.82) is 0 Å². The maximum Gasteiger partial charge on any atom is 0.197 e. The summed E-state index contributed by atoms with van der Waals surface area (Å²) in [5.41, 5.74) is 1.58. The number of hydrogen-bond acceptors (Lipinski definition) is 4. The lowest BCUT2D eigenvalue weighted by Gasteiger charge is -2.12. The van der Waals surface area contributed by atoms with E-state index in [0.717, 1.165) is 0 Å². The quantitative estimate of drug-likeness (QED) is 0.617. The van der Waals surface area contributed by atoms with Crippen molar-refractivity contribution in [3.8, 4) is 11.5 Å². The van der Waals surface area contributed by atoms with Gasteiger partial charge in [0.2, 0.25) is 0 Å². The third-order valence-electron chi connectivity index (χ3n) is 3.76. The first-order valence-corrected chi connectivity index (χ1v) is 7.85. The second-order valence-corrected chi connectivity index (χ2v) is 5.64. The summed E-state index contributed by atoms with van der Waals surface area (Å²) >= 11 is 6.24. The molecular weight excluding hydrogens is 328 g/mol. The fourth-order valence-corrected chi connectivity index (χ4v) is 2.95. The number of allylic oxidation sites excluding steroid dienone is 1. The van der Waals surface area contributed by atoms with Crippen LogP contribution in [-0.4, -0.2) is 25.3 Å². The molecule has 1 aliphatic rings. The van der Waals surface area contributed by atoms with Gasteiger partial charge in [0.05, 0.1) is 24.3 Å². The Morgan fingerprint density at radius 3 is 2.25 bits per heavy atom. The molecule has 0 saturated heterocycles. The first-order valence-electron chi connectivity index (χ1n) is 7.47. The lowest BCUT2D eigenvalue weighted by Crippen LogP contribution is -2.01. The molecule has 0 radical (unpaired) electrons. The minimum Gasteiger partial charge on any atom is -0.493 e. The van der Waals surface area contributed by atoms with E-state index in [1.807, 2.05) is 6.92 Å². The smallest absolute Gasteiger partial charge is 0.197 e. The molecule has 0 aliphatic heterocycles. The molecule has 0 fully saturated rings. The van der Waals surface area contributed by atoms with Crippen LogP contribution in [0.2, 0.25) is 5.02 Å². The predicted octanol–water partition coefficient (Wildman–Crippen LogP) is 4.21. The van der Waals surface area contributed by atoms with Gasteiger partial charge in [0.1, 0.15) is 0 Å². The zero-order chi connectivity index (χ0) is 17.3. The third kappa shape index (κ3) is 2.69. The van der Waals surface area contributed by atoms with E-state index in [1.165, 1.54) is 13.2 Å². The van der Waals surface area contributed by atoms with Crippen LogP contribution in [0.1, 0.15) is 33.2 Å². The van der Waals surface area contributed by atoms with Crippen LogP contribution in [0.25, 0.3) is 6.08 Å². The number of rotatable bonds is 4. The Hall–Kier alpha value is -2.59. The highest BCUT2D eigenvalue weighted by Gasteiger charge is 2.32. The molecule has 0 saturated carbocycles. The van der Waals surface area contributed by atoms with Gasteiger partial charge in [0.15, 0.2) is 23.1 Å². The van der Waals surface area contributed by atoms with Gasteiger partial charge in [-0.05, 0) is 30.7 Å². The van der Waals surface area contributed by atoms with Crippen LogP contribution < -0.4 is 9.47 Å². The number of carbonyl (C=O) groups excluding carboxylic acids is 2. The molecule has 122 valence electrons. The van der Waals surface area contributed by atoms with Crippen LogP contribution in [0, 0.1) is 0 Å². The summed E-state index contributed by atoms with van der Waals surface area (Å²) in [6.07, 6.45) is 1.54. The second-order valence-electron chi connectivity index (χ2n) is 5.23. The van der Waals surface area contributed by atoms with Gasteiger partial charge >= 0.3 is 0 Å². The Bertz CT molecular complexity index is 831. The van der Waals surface area contributed by atoms with Gasteiger partial charge in [-0.25, -0.2) is 0 Å². The summed E-state index contributed by atoms with van der Waals surface area (Å²) in [4.78, 5) is 24.9. The monoisotopic (exact) mass is 342 g/mol. The van der Waals surface area contributed by atoms with E-state index >= 15 is 0 Å². The van der Waals surface area contributed by atoms with Crippen molar-refractivity contribution in [2.24, 2.45) is 0 Å². The van der Waals surface area contributed by atoms with E-state index in [1.54, 1.807) is 36.4 Å². The Kier molecular flexibility index (Phi) is 4.40. The molecule has 2 aromatic carbocycles. The fourth-order valence-electron chi connectivity index (χ4n) is 2.68. The lowest BCUT2D eigenvalue weighted by molar-refractivity contribution is 0.0990. The molecule has 0 bridgehead atoms. The first-order chi connectivity index (χ1) is 11.6. The fraction of sp³-hybridized carbons (Fsp3) is 0.158. The number of benzene rings is 2. The zero-order valence-corrected chi connectivity index (χ0v) is 14.0. The second kappa shape index (κ2) is 6.49. The van der Waals surface area contributed by atoms with Gasteiger partial charge in [-0.2, -0.15) is 0 Å². The third-order valence-corrected chi connectivity index (χ3v) is 4.04. The molecular formula is C19H15ClO4. The number of ketones is 2. The number of ether oxygens (including phenoxy) is 2. The number of fused-ring (bicyclic) bond motifs is 1. The highest BCUT2D eigenvalue weighted by molar-refractivity contribution is 6.41. The minimum absolute atomic E-state index is 0.124. The van der Waals surface area contributed by atoms with Gasteiger partial charge in [-0.1, -0.05) is 35.9 Å². The summed E-state index contributed by atoms with van der Waals surface area (Å²) < 4.78 is 10.8. The maximum atomic E-state index is 12.4. The first kappa shape index (κ1) is 16.3. The topological polar surface area (TPSA) is 52.6 Å². The molecule has 3 rings (SSSR count). The van der Waals surface area contributed by atoms with Gasteiger partial charge in [-0.3, -0.25) is 9.59 Å². The van der Waals surface area contributed by atoms with E-state index in [2.05, 4.69) is 0 Å². The van der Waals surface area contributed by atoms with Crippen LogP contribution in [0.15, 0.2) is 42.0 Å². The summed E-state index contributed by atoms with van der Waals surface area (Å²) in [7, 11) is 1.51. The Morgan fingerprint density at radius 1 is 1.08 bits per heavy atom. The Labute approximate surface area is 144 Å². The van der Waals surface area contributed by atoms with Crippen LogP contribution >= 0.6 is 11.6 Å². The van der Waals surface area contributed by atoms with Crippen molar-refractivity contribution >= 4 is 29.2 Å². The highest BCUT2D eigenvalue weighted by atomic mass is 35.5. The molecule has 4 nitrogen and oxygen atoms in total. The Balaban J connectivity index is 2.06. The van der Waals surface area contributed by atoms with Crippen LogP contribution in [0.3, 0.4) is 0 Å². The van der Waals surface area contributed by atoms with Crippen LogP contribution in [-0.2, 0) is 0 Å². The van der Waals surface area contributed by atoms with E-state index in [-0.39, 0.29) is 17.1 Å². The average Bonchev–Trinajstić information content (AvgIpc) is 2.82. The SMILES string of the molecule is CCOc1c(Cl)cc(C=C2C(=O)c3ccccc3C2=O)cc1OC. The molecule has 0 heterocycles. The number of carbonyl (C=O) groups is 2. The van der Waals surface area contributed by atoms with Crippen molar-refractivity contribution < 1.29 is 19.1 Å². The molecule has 5 heteroatoms. The van der Waals surface area contributed by atoms with Crippen molar-refractivity contribution in [3.63, 3.8) is 0 Å². The number of Topliss-reactive ketones (excluding diaryl/α,β-unsaturated/α-hetero) is 2. The molecule has 2 aromatic rings. The van der Waals surface area contributed by atoms with Gasteiger partial charge in [0.25, 0.3) is 0 Å². The van der Waals surface area contributed by atoms with Crippen molar-refractivity contribution in [1.82, 2.24) is 0 Å². The highest BCUT2D eigenvalue weighted by Crippen LogP contribution is 2.37. The summed E-state index contributed by atoms with van der Waals surface area (Å²) in [6.45, 7) is 2.29. The van der Waals surface area contributed by atoms with E-state index in [0.29, 0.717) is 39.8 Å². The number of hydrogen-bond donors (Lipinski definition) is 0. The van der Waals surface area contributed by atoms with Crippen molar-refractivity contribution in [3.05, 3.63) is 63.7 Å². The van der Waals surface area contributed by atoms with E-state index < -0.39 is 0 Å². The van der Waals surface area contributed by atoms with Crippen LogP contribution in [0.5, 0.6) is 11.5 Å². The minimum atomic E-state index is -0.278. The van der Waals surface area contributed by atoms with Crippen LogP contribution in [0.4, 0.5) is 0 Å². The molecule has 0 N–H and O–H groups in total. The normalized spacial score (nSPS) is 13.0. The zero-order valence-electron chi connectivity index (χ0n) is 13.3. The maximum absolute atomic E-state index is 12.4. The number of methoxy groups -OCH3 is 1. The van der Waals surface area contributed by atoms with Crippen molar-refractivity contribution in [2.75, 3.05) is 13.7 Å². The number of halogens is 1. The largest absolute Gasteiger partial charge is 0.493 e. The Morgan fingerprint density at radius 2 is 1.71 bits per heavy atom. The van der Waals surface area contributed by atoms with Gasteiger partial charge in [-0.15, -0.1) is 0 Å². The lowest BCUT2D eigenvalue weighted by atomic mass is 10.1. The predicted molar refractivity (Wildman–Crippen MR) is 92.3 cm³/mol. The van der Waals surface area contributed by atoms with Gasteiger partial charge < -0.3 is 9.47 Å². The average molecular weight is 343 g/mol. The standard InChI is InChI=1S/C19H15ClO4/c1-3-24-19-15(20)9-11(10-16(19)23-2)8-14-17(21)12-6-4-5-7-13(12)18(14)22/h4-10H,3H2,1-2H3. The summed E-state index contributed by atoms with van der Waals surface area (Å²) in [5, 5.41) is 0.360. The molecule has 24 heavy (non-hydrogen) atoms. The summed E-state index contributed by atoms with van der Waals surface area (Å²) in [6, 6.07) is 10.1. The summed E-state index contributed by atoms with van der Waals surface area (Å²) in [5.74, 6) is 0.335. The van der Waals surface area contributed by atoms with Gasteiger partial charge in [0, 0.05) is 11.1 Å². The molecule has 1 aliphatic carbocycles. The molecule has 0 aromatic heterocycles. The molecule has 0 unspecified atom stereocenters. The molecule has 0 amide bonds. The van der Waals surface area contributed by atoms with E-state index in [4.69, 9.17) is 21.1 Å². The van der Waals surface area contributed by atoms with Crippen molar-refractivity contribution in [2.45, 2.75) is 6.92 Å². The molecule has 0 atom stereocenters. The molecule has 0 spiro atoms.